The minimum Gasteiger partial charge on any atom is -0.481 e. The lowest BCUT2D eigenvalue weighted by atomic mass is 9.44. The maximum atomic E-state index is 13.8. The maximum absolute atomic E-state index is 13.8. The van der Waals surface area contributed by atoms with Gasteiger partial charge in [-0.25, -0.2) is 4.79 Å². The summed E-state index contributed by atoms with van der Waals surface area (Å²) in [5, 5.41) is 22.9. The molecule has 8 heteroatoms. The number of ether oxygens (including phenoxy) is 2. The number of aliphatic hydroxyl groups is 1. The molecule has 3 atom stereocenters. The first-order valence-corrected chi connectivity index (χ1v) is 14.0. The average Bonchev–Trinajstić information content (AvgIpc) is 2.79. The van der Waals surface area contributed by atoms with Crippen LogP contribution in [0.5, 0.6) is 0 Å². The summed E-state index contributed by atoms with van der Waals surface area (Å²) >= 11 is 0. The van der Waals surface area contributed by atoms with Crippen LogP contribution in [0, 0.1) is 37.9 Å². The van der Waals surface area contributed by atoms with Gasteiger partial charge in [-0.2, -0.15) is 0 Å². The van der Waals surface area contributed by atoms with Crippen molar-refractivity contribution < 1.29 is 34.1 Å². The topological polar surface area (TPSA) is 122 Å². The van der Waals surface area contributed by atoms with Crippen LogP contribution in [0.15, 0.2) is 0 Å². The van der Waals surface area contributed by atoms with E-state index in [2.05, 4.69) is 5.32 Å². The number of esters is 2. The molecule has 0 aromatic heterocycles. The van der Waals surface area contributed by atoms with Crippen LogP contribution in [0.25, 0.3) is 0 Å². The number of hydrogen-bond acceptors (Lipinski definition) is 7. The van der Waals surface area contributed by atoms with Crippen molar-refractivity contribution in [2.45, 2.75) is 122 Å². The van der Waals surface area contributed by atoms with Crippen LogP contribution in [-0.2, 0) is 23.9 Å². The number of methoxy groups -OCH3 is 1. The zero-order valence-corrected chi connectivity index (χ0v) is 27.8. The van der Waals surface area contributed by atoms with E-state index in [-0.39, 0.29) is 5.97 Å². The number of hydrogen-bond donors (Lipinski definition) is 3. The van der Waals surface area contributed by atoms with Crippen LogP contribution < -0.4 is 5.32 Å². The number of likely N-dealkylation sites (N-methyl/N-ethyl adjacent to an activating group) is 1. The number of carboxylic acid groups (broad SMARTS) is 1. The molecule has 230 valence electrons. The maximum Gasteiger partial charge on any atom is 0.328 e. The van der Waals surface area contributed by atoms with Crippen LogP contribution in [0.1, 0.15) is 116 Å². The monoisotopic (exact) mass is 557 g/mol. The molecule has 0 fully saturated rings. The smallest absolute Gasteiger partial charge is 0.328 e. The predicted octanol–water partition coefficient (Wildman–Crippen LogP) is 6.05. The molecule has 39 heavy (non-hydrogen) atoms. The fourth-order valence-electron chi connectivity index (χ4n) is 7.36. The number of rotatable bonds is 15. The van der Waals surface area contributed by atoms with Crippen molar-refractivity contribution in [2.24, 2.45) is 37.9 Å². The SMILES string of the molecule is CCC(C)(C)C(C)(C(=O)O)C(C)(C)CC(C)(C)C(C)(C(=O)OC)C(C)(C)CC(C)(C)C(C)(NC)C(=O)OCO. The molecule has 0 aromatic carbocycles. The third-order valence-corrected chi connectivity index (χ3v) is 11.5. The van der Waals surface area contributed by atoms with Crippen molar-refractivity contribution in [3.05, 3.63) is 0 Å². The number of aliphatic carboxylic acids is 1. The first kappa shape index (κ1) is 37.3. The number of aliphatic hydroxyl groups excluding tert-OH is 1. The Morgan fingerprint density at radius 1 is 0.667 bits per heavy atom. The highest BCUT2D eigenvalue weighted by Crippen LogP contribution is 2.64. The van der Waals surface area contributed by atoms with E-state index in [4.69, 9.17) is 9.47 Å². The van der Waals surface area contributed by atoms with Gasteiger partial charge in [0.05, 0.1) is 17.9 Å². The molecule has 0 rings (SSSR count). The van der Waals surface area contributed by atoms with Gasteiger partial charge in [0.1, 0.15) is 5.54 Å². The van der Waals surface area contributed by atoms with E-state index in [1.165, 1.54) is 7.11 Å². The van der Waals surface area contributed by atoms with E-state index in [0.29, 0.717) is 19.3 Å². The lowest BCUT2D eigenvalue weighted by Gasteiger charge is -2.59. The Morgan fingerprint density at radius 3 is 1.36 bits per heavy atom. The second kappa shape index (κ2) is 11.7. The Hall–Kier alpha value is -1.67. The van der Waals surface area contributed by atoms with Crippen LogP contribution >= 0.6 is 0 Å². The Bertz CT molecular complexity index is 905. The number of carboxylic acids is 1. The lowest BCUT2D eigenvalue weighted by Crippen LogP contribution is -2.63. The molecule has 0 aliphatic rings. The molecule has 0 heterocycles. The van der Waals surface area contributed by atoms with Gasteiger partial charge < -0.3 is 25.0 Å². The van der Waals surface area contributed by atoms with E-state index in [0.717, 1.165) is 0 Å². The van der Waals surface area contributed by atoms with Crippen LogP contribution in [0.4, 0.5) is 0 Å². The zero-order chi connectivity index (χ0) is 31.7. The molecule has 0 aromatic rings. The molecule has 0 amide bonds. The minimum absolute atomic E-state index is 0.389. The largest absolute Gasteiger partial charge is 0.481 e. The highest BCUT2D eigenvalue weighted by Gasteiger charge is 2.64. The Morgan fingerprint density at radius 2 is 1.05 bits per heavy atom. The molecular formula is C31H59NO7. The third-order valence-electron chi connectivity index (χ3n) is 11.5. The summed E-state index contributed by atoms with van der Waals surface area (Å²) in [6, 6.07) is 0. The highest BCUT2D eigenvalue weighted by atomic mass is 16.6. The minimum atomic E-state index is -1.17. The molecule has 0 spiro atoms. The summed E-state index contributed by atoms with van der Waals surface area (Å²) in [4.78, 5) is 39.7. The second-order valence-corrected chi connectivity index (χ2v) is 15.1. The van der Waals surface area contributed by atoms with Gasteiger partial charge in [0.2, 0.25) is 0 Å². The molecule has 8 nitrogen and oxygen atoms in total. The number of carbonyl (C=O) groups is 3. The standard InChI is InChI=1S/C31H59NO7/c1-17-24(2,3)29(12,21(34)35)25(4,5)18-26(6,7)30(13,22(36)38-16)27(8,9)19-28(10,11)31(14,32-15)23(37)39-20-33/h32-33H,17-20H2,1-16H3,(H,34,35). The van der Waals surface area contributed by atoms with Crippen molar-refractivity contribution in [2.75, 3.05) is 21.0 Å². The Kier molecular flexibility index (Phi) is 11.2. The molecule has 0 saturated heterocycles. The molecule has 0 aliphatic heterocycles. The summed E-state index contributed by atoms with van der Waals surface area (Å²) in [6.07, 6.45) is 1.52. The fourth-order valence-corrected chi connectivity index (χ4v) is 7.36. The molecule has 0 aliphatic carbocycles. The van der Waals surface area contributed by atoms with Crippen molar-refractivity contribution in [3.8, 4) is 0 Å². The lowest BCUT2D eigenvalue weighted by molar-refractivity contribution is -0.188. The summed E-state index contributed by atoms with van der Waals surface area (Å²) in [7, 11) is 3.04. The van der Waals surface area contributed by atoms with Crippen LogP contribution in [-0.4, -0.2) is 54.6 Å². The summed E-state index contributed by atoms with van der Waals surface area (Å²) < 4.78 is 10.4. The summed E-state index contributed by atoms with van der Waals surface area (Å²) in [6.45, 7) is 26.6. The van der Waals surface area contributed by atoms with Crippen LogP contribution in [0.2, 0.25) is 0 Å². The zero-order valence-electron chi connectivity index (χ0n) is 27.8. The Labute approximate surface area is 238 Å². The molecule has 3 N–H and O–H groups in total. The molecule has 0 radical (unpaired) electrons. The quantitative estimate of drug-likeness (QED) is 0.164. The first-order chi connectivity index (χ1) is 17.2. The van der Waals surface area contributed by atoms with E-state index in [1.54, 1.807) is 14.0 Å². The van der Waals surface area contributed by atoms with Gasteiger partial charge in [-0.1, -0.05) is 76.2 Å². The van der Waals surface area contributed by atoms with Gasteiger partial charge in [-0.15, -0.1) is 0 Å². The van der Waals surface area contributed by atoms with Gasteiger partial charge in [0.25, 0.3) is 0 Å². The molecular weight excluding hydrogens is 498 g/mol. The molecule has 3 unspecified atom stereocenters. The highest BCUT2D eigenvalue weighted by molar-refractivity contribution is 5.82. The van der Waals surface area contributed by atoms with Crippen molar-refractivity contribution in [3.63, 3.8) is 0 Å². The van der Waals surface area contributed by atoms with E-state index < -0.39 is 62.2 Å². The van der Waals surface area contributed by atoms with E-state index in [1.807, 2.05) is 90.0 Å². The molecule has 0 bridgehead atoms. The van der Waals surface area contributed by atoms with Gasteiger partial charge in [-0.05, 0) is 74.2 Å². The van der Waals surface area contributed by atoms with E-state index >= 15 is 0 Å². The van der Waals surface area contributed by atoms with Crippen molar-refractivity contribution in [1.82, 2.24) is 5.32 Å². The Balaban J connectivity index is 7.06. The van der Waals surface area contributed by atoms with Crippen molar-refractivity contribution in [1.29, 1.82) is 0 Å². The van der Waals surface area contributed by atoms with Gasteiger partial charge in [0.15, 0.2) is 6.79 Å². The summed E-state index contributed by atoms with van der Waals surface area (Å²) in [5.41, 5.74) is -6.78. The average molecular weight is 558 g/mol. The molecule has 0 saturated carbocycles. The van der Waals surface area contributed by atoms with Gasteiger partial charge in [0, 0.05) is 0 Å². The third kappa shape index (κ3) is 6.02. The second-order valence-electron chi connectivity index (χ2n) is 15.1. The predicted molar refractivity (Wildman–Crippen MR) is 155 cm³/mol. The number of carbonyl (C=O) groups excluding carboxylic acids is 2. The van der Waals surface area contributed by atoms with Crippen molar-refractivity contribution >= 4 is 17.9 Å². The van der Waals surface area contributed by atoms with Gasteiger partial charge >= 0.3 is 17.9 Å². The number of nitrogens with one attached hydrogen (secondary N) is 1. The fraction of sp³-hybridized carbons (Fsp3) is 0.903. The van der Waals surface area contributed by atoms with E-state index in [9.17, 15) is 24.6 Å². The first-order valence-electron chi connectivity index (χ1n) is 14.0. The summed E-state index contributed by atoms with van der Waals surface area (Å²) in [5.74, 6) is -1.84. The van der Waals surface area contributed by atoms with Gasteiger partial charge in [-0.3, -0.25) is 9.59 Å². The normalized spacial score (nSPS) is 18.4. The van der Waals surface area contributed by atoms with Crippen LogP contribution in [0.3, 0.4) is 0 Å².